The van der Waals surface area contributed by atoms with Crippen molar-refractivity contribution in [3.05, 3.63) is 29.6 Å². The first-order valence-electron chi connectivity index (χ1n) is 7.64. The number of benzene rings is 1. The molecule has 2 nitrogen and oxygen atoms in total. The SMILES string of the molecule is CC(C)CCN(CCC(C)C)Cc1ccc(N)cc1F. The summed E-state index contributed by atoms with van der Waals surface area (Å²) in [6.45, 7) is 11.6. The van der Waals surface area contributed by atoms with Gasteiger partial charge in [-0.25, -0.2) is 4.39 Å². The van der Waals surface area contributed by atoms with E-state index >= 15 is 0 Å². The summed E-state index contributed by atoms with van der Waals surface area (Å²) >= 11 is 0. The molecule has 0 unspecified atom stereocenters. The molecule has 0 spiro atoms. The van der Waals surface area contributed by atoms with Crippen LogP contribution in [0.15, 0.2) is 18.2 Å². The Hall–Kier alpha value is -1.09. The van der Waals surface area contributed by atoms with Crippen LogP contribution in [0.2, 0.25) is 0 Å². The third-order valence-corrected chi connectivity index (χ3v) is 3.52. The predicted molar refractivity (Wildman–Crippen MR) is 85.0 cm³/mol. The first-order chi connectivity index (χ1) is 9.38. The van der Waals surface area contributed by atoms with Gasteiger partial charge in [0, 0.05) is 17.8 Å². The highest BCUT2D eigenvalue weighted by molar-refractivity contribution is 5.40. The summed E-state index contributed by atoms with van der Waals surface area (Å²) in [5.41, 5.74) is 6.83. The van der Waals surface area contributed by atoms with Crippen LogP contribution in [0.1, 0.15) is 46.1 Å². The van der Waals surface area contributed by atoms with Crippen molar-refractivity contribution in [2.45, 2.75) is 47.1 Å². The van der Waals surface area contributed by atoms with Crippen LogP contribution in [-0.2, 0) is 6.54 Å². The second-order valence-corrected chi connectivity index (χ2v) is 6.49. The number of hydrogen-bond donors (Lipinski definition) is 1. The summed E-state index contributed by atoms with van der Waals surface area (Å²) in [6.07, 6.45) is 2.30. The average Bonchev–Trinajstić information content (AvgIpc) is 2.35. The largest absolute Gasteiger partial charge is 0.399 e. The Morgan fingerprint density at radius 3 is 2.05 bits per heavy atom. The first-order valence-corrected chi connectivity index (χ1v) is 7.64. The zero-order valence-electron chi connectivity index (χ0n) is 13.3. The molecule has 0 aliphatic carbocycles. The van der Waals surface area contributed by atoms with Crippen molar-refractivity contribution in [2.75, 3.05) is 18.8 Å². The third-order valence-electron chi connectivity index (χ3n) is 3.52. The van der Waals surface area contributed by atoms with Gasteiger partial charge in [0.05, 0.1) is 0 Å². The van der Waals surface area contributed by atoms with Crippen LogP contribution in [0.3, 0.4) is 0 Å². The Labute approximate surface area is 123 Å². The summed E-state index contributed by atoms with van der Waals surface area (Å²) in [7, 11) is 0. The Morgan fingerprint density at radius 2 is 1.60 bits per heavy atom. The average molecular weight is 280 g/mol. The fourth-order valence-electron chi connectivity index (χ4n) is 2.08. The number of nitrogens with two attached hydrogens (primary N) is 1. The minimum Gasteiger partial charge on any atom is -0.399 e. The van der Waals surface area contributed by atoms with Crippen LogP contribution in [-0.4, -0.2) is 18.0 Å². The van der Waals surface area contributed by atoms with E-state index in [0.29, 0.717) is 24.1 Å². The van der Waals surface area contributed by atoms with Gasteiger partial charge in [0.2, 0.25) is 0 Å². The molecule has 114 valence electrons. The zero-order chi connectivity index (χ0) is 15.1. The number of hydrogen-bond acceptors (Lipinski definition) is 2. The molecule has 0 fully saturated rings. The Balaban J connectivity index is 2.66. The lowest BCUT2D eigenvalue weighted by atomic mass is 10.1. The van der Waals surface area contributed by atoms with Gasteiger partial charge in [0.25, 0.3) is 0 Å². The van der Waals surface area contributed by atoms with Crippen molar-refractivity contribution in [3.8, 4) is 0 Å². The van der Waals surface area contributed by atoms with Crippen molar-refractivity contribution in [3.63, 3.8) is 0 Å². The number of nitrogens with zero attached hydrogens (tertiary/aromatic N) is 1. The molecular weight excluding hydrogens is 251 g/mol. The summed E-state index contributed by atoms with van der Waals surface area (Å²) in [4.78, 5) is 2.36. The van der Waals surface area contributed by atoms with E-state index in [9.17, 15) is 4.39 Å². The van der Waals surface area contributed by atoms with E-state index in [1.165, 1.54) is 6.07 Å². The second-order valence-electron chi connectivity index (χ2n) is 6.49. The highest BCUT2D eigenvalue weighted by Crippen LogP contribution is 2.16. The molecule has 0 atom stereocenters. The molecule has 3 heteroatoms. The third kappa shape index (κ3) is 6.38. The van der Waals surface area contributed by atoms with Crippen molar-refractivity contribution in [1.82, 2.24) is 4.90 Å². The molecule has 0 aliphatic heterocycles. The van der Waals surface area contributed by atoms with Gasteiger partial charge in [0.15, 0.2) is 0 Å². The van der Waals surface area contributed by atoms with E-state index in [-0.39, 0.29) is 5.82 Å². The van der Waals surface area contributed by atoms with Crippen molar-refractivity contribution in [1.29, 1.82) is 0 Å². The van der Waals surface area contributed by atoms with Gasteiger partial charge in [-0.1, -0.05) is 33.8 Å². The van der Waals surface area contributed by atoms with Gasteiger partial charge >= 0.3 is 0 Å². The molecule has 20 heavy (non-hydrogen) atoms. The van der Waals surface area contributed by atoms with E-state index in [2.05, 4.69) is 32.6 Å². The van der Waals surface area contributed by atoms with Crippen LogP contribution >= 0.6 is 0 Å². The van der Waals surface area contributed by atoms with Crippen molar-refractivity contribution < 1.29 is 4.39 Å². The smallest absolute Gasteiger partial charge is 0.129 e. The molecule has 0 heterocycles. The fourth-order valence-corrected chi connectivity index (χ4v) is 2.08. The van der Waals surface area contributed by atoms with Crippen LogP contribution in [0.5, 0.6) is 0 Å². The maximum atomic E-state index is 13.9. The number of halogens is 1. The maximum Gasteiger partial charge on any atom is 0.129 e. The number of rotatable bonds is 8. The Morgan fingerprint density at radius 1 is 1.05 bits per heavy atom. The minimum atomic E-state index is -0.191. The molecule has 0 aliphatic rings. The van der Waals surface area contributed by atoms with E-state index < -0.39 is 0 Å². The maximum absolute atomic E-state index is 13.9. The molecular formula is C17H29FN2. The molecule has 1 aromatic carbocycles. The van der Waals surface area contributed by atoms with E-state index in [1.54, 1.807) is 6.07 Å². The van der Waals surface area contributed by atoms with Gasteiger partial charge in [-0.15, -0.1) is 0 Å². The lowest BCUT2D eigenvalue weighted by Gasteiger charge is -2.24. The summed E-state index contributed by atoms with van der Waals surface area (Å²) in [5, 5.41) is 0. The Bertz CT molecular complexity index is 390. The van der Waals surface area contributed by atoms with Crippen LogP contribution in [0, 0.1) is 17.7 Å². The molecule has 1 aromatic rings. The molecule has 0 bridgehead atoms. The summed E-state index contributed by atoms with van der Waals surface area (Å²) in [6, 6.07) is 5.00. The number of anilines is 1. The molecule has 0 aromatic heterocycles. The lowest BCUT2D eigenvalue weighted by Crippen LogP contribution is -2.27. The lowest BCUT2D eigenvalue weighted by molar-refractivity contribution is 0.233. The second kappa shape index (κ2) is 8.25. The minimum absolute atomic E-state index is 0.191. The summed E-state index contributed by atoms with van der Waals surface area (Å²) in [5.74, 6) is 1.16. The van der Waals surface area contributed by atoms with E-state index in [0.717, 1.165) is 31.5 Å². The normalized spacial score (nSPS) is 11.8. The molecule has 0 radical (unpaired) electrons. The molecule has 2 N–H and O–H groups in total. The van der Waals surface area contributed by atoms with Gasteiger partial charge in [0.1, 0.15) is 5.82 Å². The quantitative estimate of drug-likeness (QED) is 0.719. The van der Waals surface area contributed by atoms with Crippen LogP contribution in [0.4, 0.5) is 10.1 Å². The van der Waals surface area contributed by atoms with Crippen molar-refractivity contribution >= 4 is 5.69 Å². The first kappa shape index (κ1) is 17.0. The molecule has 0 saturated carbocycles. The standard InChI is InChI=1S/C17H29FN2/c1-13(2)7-9-20(10-8-14(3)4)12-15-5-6-16(19)11-17(15)18/h5-6,11,13-14H,7-10,12,19H2,1-4H3. The molecule has 0 saturated heterocycles. The van der Waals surface area contributed by atoms with Gasteiger partial charge < -0.3 is 5.73 Å². The Kier molecular flexibility index (Phi) is 7.00. The fraction of sp³-hybridized carbons (Fsp3) is 0.647. The van der Waals surface area contributed by atoms with E-state index in [4.69, 9.17) is 5.73 Å². The topological polar surface area (TPSA) is 29.3 Å². The zero-order valence-corrected chi connectivity index (χ0v) is 13.3. The highest BCUT2D eigenvalue weighted by Gasteiger charge is 2.11. The highest BCUT2D eigenvalue weighted by atomic mass is 19.1. The monoisotopic (exact) mass is 280 g/mol. The van der Waals surface area contributed by atoms with E-state index in [1.807, 2.05) is 6.07 Å². The van der Waals surface area contributed by atoms with Crippen molar-refractivity contribution in [2.24, 2.45) is 11.8 Å². The van der Waals surface area contributed by atoms with Crippen LogP contribution < -0.4 is 5.73 Å². The predicted octanol–water partition coefficient (Wildman–Crippen LogP) is 4.30. The number of nitrogen functional groups attached to an aromatic ring is 1. The van der Waals surface area contributed by atoms with Gasteiger partial charge in [-0.05, 0) is 49.9 Å². The molecule has 1 rings (SSSR count). The van der Waals surface area contributed by atoms with Gasteiger partial charge in [-0.2, -0.15) is 0 Å². The summed E-state index contributed by atoms with van der Waals surface area (Å²) < 4.78 is 13.9. The molecule has 0 amide bonds. The van der Waals surface area contributed by atoms with Crippen LogP contribution in [0.25, 0.3) is 0 Å². The van der Waals surface area contributed by atoms with Gasteiger partial charge in [-0.3, -0.25) is 4.90 Å².